The fourth-order valence-electron chi connectivity index (χ4n) is 1.92. The largest absolute Gasteiger partial charge is 0.388 e. The van der Waals surface area contributed by atoms with Crippen LogP contribution in [-0.4, -0.2) is 19.9 Å². The summed E-state index contributed by atoms with van der Waals surface area (Å²) in [6.07, 6.45) is 1.01. The molecule has 0 saturated carbocycles. The molecular formula is C12H15N3OS. The Bertz CT molecular complexity index is 586. The Labute approximate surface area is 105 Å². The van der Waals surface area contributed by atoms with E-state index in [1.165, 1.54) is 11.1 Å². The number of aryl methyl sites for hydroxylation is 2. The van der Waals surface area contributed by atoms with Gasteiger partial charge in [-0.25, -0.2) is 0 Å². The van der Waals surface area contributed by atoms with E-state index in [1.807, 2.05) is 6.07 Å². The molecule has 2 rings (SSSR count). The van der Waals surface area contributed by atoms with Crippen LogP contribution in [0.3, 0.4) is 0 Å². The maximum atomic E-state index is 9.21. The van der Waals surface area contributed by atoms with Gasteiger partial charge < -0.3 is 5.11 Å². The van der Waals surface area contributed by atoms with E-state index in [0.29, 0.717) is 10.6 Å². The molecule has 2 aromatic rings. The number of nitrogens with one attached hydrogen (secondary N) is 1. The molecule has 0 saturated heterocycles. The molecule has 2 N–H and O–H groups in total. The summed E-state index contributed by atoms with van der Waals surface area (Å²) in [7, 11) is 0. The van der Waals surface area contributed by atoms with Gasteiger partial charge in [-0.15, -0.1) is 0 Å². The van der Waals surface area contributed by atoms with Crippen LogP contribution in [-0.2, 0) is 13.0 Å². The first-order chi connectivity index (χ1) is 8.17. The Hall–Kier alpha value is -1.46. The van der Waals surface area contributed by atoms with E-state index in [2.05, 4.69) is 36.2 Å². The van der Waals surface area contributed by atoms with Gasteiger partial charge in [0.2, 0.25) is 0 Å². The molecule has 4 nitrogen and oxygen atoms in total. The first-order valence-electron chi connectivity index (χ1n) is 5.54. The number of H-pyrrole nitrogens is 1. The minimum atomic E-state index is -0.137. The van der Waals surface area contributed by atoms with E-state index in [-0.39, 0.29) is 6.61 Å². The SMILES string of the molecule is CCc1ccc(-n2c(CO)n[nH]c2=S)cc1C. The highest BCUT2D eigenvalue weighted by Gasteiger charge is 2.08. The van der Waals surface area contributed by atoms with Crippen molar-refractivity contribution in [2.75, 3.05) is 0 Å². The Balaban J connectivity index is 2.57. The summed E-state index contributed by atoms with van der Waals surface area (Å²) in [5, 5.41) is 15.9. The summed E-state index contributed by atoms with van der Waals surface area (Å²) in [6, 6.07) is 6.14. The van der Waals surface area contributed by atoms with E-state index in [0.717, 1.165) is 12.1 Å². The van der Waals surface area contributed by atoms with E-state index in [9.17, 15) is 5.11 Å². The molecular weight excluding hydrogens is 234 g/mol. The zero-order chi connectivity index (χ0) is 12.4. The number of hydrogen-bond acceptors (Lipinski definition) is 3. The van der Waals surface area contributed by atoms with E-state index in [4.69, 9.17) is 12.2 Å². The summed E-state index contributed by atoms with van der Waals surface area (Å²) >= 11 is 5.16. The predicted molar refractivity (Wildman–Crippen MR) is 68.8 cm³/mol. The quantitative estimate of drug-likeness (QED) is 0.821. The lowest BCUT2D eigenvalue weighted by molar-refractivity contribution is 0.269. The van der Waals surface area contributed by atoms with E-state index >= 15 is 0 Å². The molecule has 0 aliphatic carbocycles. The van der Waals surface area contributed by atoms with Crippen molar-refractivity contribution in [1.82, 2.24) is 14.8 Å². The van der Waals surface area contributed by atoms with Crippen LogP contribution in [0.15, 0.2) is 18.2 Å². The van der Waals surface area contributed by atoms with Crippen LogP contribution in [0.2, 0.25) is 0 Å². The van der Waals surface area contributed by atoms with Gasteiger partial charge in [-0.1, -0.05) is 13.0 Å². The standard InChI is InChI=1S/C12H15N3OS/c1-3-9-4-5-10(6-8(9)2)15-11(7-16)13-14-12(15)17/h4-6,16H,3,7H2,1-2H3,(H,14,17). The number of aliphatic hydroxyl groups is 1. The third-order valence-corrected chi connectivity index (χ3v) is 3.12. The van der Waals surface area contributed by atoms with Gasteiger partial charge in [0.25, 0.3) is 0 Å². The van der Waals surface area contributed by atoms with Crippen molar-refractivity contribution in [3.05, 3.63) is 39.9 Å². The fraction of sp³-hybridized carbons (Fsp3) is 0.333. The fourth-order valence-corrected chi connectivity index (χ4v) is 2.17. The van der Waals surface area contributed by atoms with Crippen LogP contribution >= 0.6 is 12.2 Å². The summed E-state index contributed by atoms with van der Waals surface area (Å²) in [5.41, 5.74) is 3.47. The third kappa shape index (κ3) is 2.16. The van der Waals surface area contributed by atoms with Gasteiger partial charge in [0.1, 0.15) is 6.61 Å². The summed E-state index contributed by atoms with van der Waals surface area (Å²) in [6.45, 7) is 4.07. The van der Waals surface area contributed by atoms with Crippen LogP contribution in [0, 0.1) is 11.7 Å². The van der Waals surface area contributed by atoms with Crippen molar-refractivity contribution in [3.63, 3.8) is 0 Å². The number of aliphatic hydroxyl groups excluding tert-OH is 1. The minimum absolute atomic E-state index is 0.137. The zero-order valence-electron chi connectivity index (χ0n) is 9.90. The maximum Gasteiger partial charge on any atom is 0.199 e. The van der Waals surface area contributed by atoms with Gasteiger partial charge in [0, 0.05) is 5.69 Å². The molecule has 0 fully saturated rings. The molecule has 0 amide bonds. The first kappa shape index (κ1) is 12.0. The normalized spacial score (nSPS) is 10.8. The Morgan fingerprint density at radius 1 is 1.47 bits per heavy atom. The lowest BCUT2D eigenvalue weighted by Gasteiger charge is -2.09. The molecule has 17 heavy (non-hydrogen) atoms. The van der Waals surface area contributed by atoms with E-state index in [1.54, 1.807) is 4.57 Å². The van der Waals surface area contributed by atoms with Crippen molar-refractivity contribution >= 4 is 12.2 Å². The smallest absolute Gasteiger partial charge is 0.199 e. The van der Waals surface area contributed by atoms with Crippen LogP contribution < -0.4 is 0 Å². The van der Waals surface area contributed by atoms with Gasteiger partial charge >= 0.3 is 0 Å². The highest BCUT2D eigenvalue weighted by molar-refractivity contribution is 7.71. The monoisotopic (exact) mass is 249 g/mol. The van der Waals surface area contributed by atoms with Gasteiger partial charge in [-0.2, -0.15) is 5.10 Å². The molecule has 90 valence electrons. The number of aromatic nitrogens is 3. The molecule has 0 radical (unpaired) electrons. The maximum absolute atomic E-state index is 9.21. The topological polar surface area (TPSA) is 53.8 Å². The summed E-state index contributed by atoms with van der Waals surface area (Å²) < 4.78 is 2.25. The van der Waals surface area contributed by atoms with Crippen LogP contribution in [0.5, 0.6) is 0 Å². The highest BCUT2D eigenvalue weighted by atomic mass is 32.1. The second kappa shape index (κ2) is 4.81. The number of aromatic amines is 1. The Morgan fingerprint density at radius 3 is 2.82 bits per heavy atom. The number of hydrogen-bond donors (Lipinski definition) is 2. The summed E-state index contributed by atoms with van der Waals surface area (Å²) in [5.74, 6) is 0.527. The zero-order valence-corrected chi connectivity index (χ0v) is 10.7. The van der Waals surface area contributed by atoms with Crippen LogP contribution in [0.4, 0.5) is 0 Å². The summed E-state index contributed by atoms with van der Waals surface area (Å²) in [4.78, 5) is 0. The van der Waals surface area contributed by atoms with Gasteiger partial charge in [-0.05, 0) is 48.8 Å². The van der Waals surface area contributed by atoms with Gasteiger partial charge in [0.15, 0.2) is 10.6 Å². The van der Waals surface area contributed by atoms with Gasteiger partial charge in [-0.3, -0.25) is 9.67 Å². The van der Waals surface area contributed by atoms with Gasteiger partial charge in [0.05, 0.1) is 0 Å². The minimum Gasteiger partial charge on any atom is -0.388 e. The number of rotatable bonds is 3. The average molecular weight is 249 g/mol. The third-order valence-electron chi connectivity index (χ3n) is 2.85. The number of benzene rings is 1. The van der Waals surface area contributed by atoms with Crippen molar-refractivity contribution in [3.8, 4) is 5.69 Å². The van der Waals surface area contributed by atoms with Crippen molar-refractivity contribution in [1.29, 1.82) is 0 Å². The first-order valence-corrected chi connectivity index (χ1v) is 5.95. The van der Waals surface area contributed by atoms with Crippen molar-refractivity contribution < 1.29 is 5.11 Å². The van der Waals surface area contributed by atoms with Crippen LogP contribution in [0.25, 0.3) is 5.69 Å². The molecule has 0 unspecified atom stereocenters. The molecule has 5 heteroatoms. The van der Waals surface area contributed by atoms with Crippen molar-refractivity contribution in [2.45, 2.75) is 26.9 Å². The van der Waals surface area contributed by atoms with Crippen LogP contribution in [0.1, 0.15) is 23.9 Å². The average Bonchev–Trinajstić information content (AvgIpc) is 2.70. The second-order valence-corrected chi connectivity index (χ2v) is 4.29. The molecule has 1 aromatic heterocycles. The van der Waals surface area contributed by atoms with E-state index < -0.39 is 0 Å². The molecule has 0 aliphatic heterocycles. The molecule has 0 spiro atoms. The molecule has 1 heterocycles. The molecule has 0 atom stereocenters. The number of nitrogens with zero attached hydrogens (tertiary/aromatic N) is 2. The lowest BCUT2D eigenvalue weighted by atomic mass is 10.1. The molecule has 0 bridgehead atoms. The Kier molecular flexibility index (Phi) is 3.40. The highest BCUT2D eigenvalue weighted by Crippen LogP contribution is 2.17. The van der Waals surface area contributed by atoms with Crippen molar-refractivity contribution in [2.24, 2.45) is 0 Å². The predicted octanol–water partition coefficient (Wildman–Crippen LogP) is 2.29. The second-order valence-electron chi connectivity index (χ2n) is 3.90. The lowest BCUT2D eigenvalue weighted by Crippen LogP contribution is -2.02. The molecule has 1 aromatic carbocycles. The molecule has 0 aliphatic rings. The Morgan fingerprint density at radius 2 is 2.24 bits per heavy atom.